The van der Waals surface area contributed by atoms with Crippen LogP contribution in [0, 0.1) is 0 Å². The van der Waals surface area contributed by atoms with Crippen LogP contribution < -0.4 is 16.2 Å². The number of anilines is 1. The van der Waals surface area contributed by atoms with Crippen molar-refractivity contribution < 1.29 is 0 Å². The minimum Gasteiger partial charge on any atom is -0.365 e. The fourth-order valence-corrected chi connectivity index (χ4v) is 2.54. The molecule has 6 heteroatoms. The first kappa shape index (κ1) is 14.0. The molecule has 19 heavy (non-hydrogen) atoms. The Bertz CT molecular complexity index is 508. The highest BCUT2D eigenvalue weighted by Gasteiger charge is 2.20. The van der Waals surface area contributed by atoms with Crippen molar-refractivity contribution in [1.82, 2.24) is 20.0 Å². The lowest BCUT2D eigenvalue weighted by atomic mass is 10.0. The first-order chi connectivity index (χ1) is 8.99. The second-order valence-electron chi connectivity index (χ2n) is 5.47. The molecule has 1 aromatic rings. The van der Waals surface area contributed by atoms with Gasteiger partial charge in [0.25, 0.3) is 5.56 Å². The van der Waals surface area contributed by atoms with E-state index in [9.17, 15) is 4.79 Å². The second-order valence-corrected chi connectivity index (χ2v) is 5.47. The van der Waals surface area contributed by atoms with Crippen LogP contribution in [0.5, 0.6) is 0 Å². The molecule has 6 nitrogen and oxygen atoms in total. The first-order valence-electron chi connectivity index (χ1n) is 6.70. The van der Waals surface area contributed by atoms with E-state index in [2.05, 4.69) is 27.6 Å². The van der Waals surface area contributed by atoms with Crippen LogP contribution in [0.2, 0.25) is 0 Å². The van der Waals surface area contributed by atoms with Gasteiger partial charge < -0.3 is 15.5 Å². The third-order valence-electron chi connectivity index (χ3n) is 3.33. The van der Waals surface area contributed by atoms with Gasteiger partial charge in [-0.1, -0.05) is 0 Å². The summed E-state index contributed by atoms with van der Waals surface area (Å²) in [5, 5.41) is 11.1. The lowest BCUT2D eigenvalue weighted by Gasteiger charge is -2.24. The van der Waals surface area contributed by atoms with Crippen LogP contribution in [0.25, 0.3) is 0 Å². The summed E-state index contributed by atoms with van der Waals surface area (Å²) in [5.41, 5.74) is 1.96. The fraction of sp³-hybridized carbons (Fsp3) is 0.692. The van der Waals surface area contributed by atoms with E-state index >= 15 is 0 Å². The highest BCUT2D eigenvalue weighted by molar-refractivity contribution is 5.48. The maximum Gasteiger partial charge on any atom is 0.270 e. The number of nitrogens with one attached hydrogen (secondary N) is 2. The molecule has 1 unspecified atom stereocenters. The Labute approximate surface area is 113 Å². The van der Waals surface area contributed by atoms with Gasteiger partial charge in [-0.15, -0.1) is 0 Å². The predicted octanol–water partition coefficient (Wildman–Crippen LogP) is -0.212. The standard InChI is InChI=1S/C13H23N5O/c1-9(8-17(2)3)15-12-11-7-14-6-5-10(11)13(19)18(4)16-12/h9,14H,5-8H2,1-4H3,(H,15,16). The molecule has 0 aliphatic carbocycles. The molecule has 0 aromatic carbocycles. The summed E-state index contributed by atoms with van der Waals surface area (Å²) >= 11 is 0. The van der Waals surface area contributed by atoms with Crippen LogP contribution in [0.4, 0.5) is 5.82 Å². The van der Waals surface area contributed by atoms with Gasteiger partial charge in [0, 0.05) is 37.3 Å². The number of aromatic nitrogens is 2. The van der Waals surface area contributed by atoms with E-state index in [1.165, 1.54) is 4.68 Å². The van der Waals surface area contributed by atoms with Gasteiger partial charge in [0.05, 0.1) is 0 Å². The van der Waals surface area contributed by atoms with E-state index in [4.69, 9.17) is 0 Å². The molecule has 1 aliphatic heterocycles. The molecule has 2 heterocycles. The minimum absolute atomic E-state index is 0.0299. The average molecular weight is 265 g/mol. The molecular formula is C13H23N5O. The van der Waals surface area contributed by atoms with Crippen LogP contribution in [-0.4, -0.2) is 47.9 Å². The van der Waals surface area contributed by atoms with Crippen molar-refractivity contribution in [2.45, 2.75) is 25.9 Å². The Morgan fingerprint density at radius 1 is 1.47 bits per heavy atom. The summed E-state index contributed by atoms with van der Waals surface area (Å²) in [5.74, 6) is 0.832. The maximum atomic E-state index is 12.1. The van der Waals surface area contributed by atoms with Crippen molar-refractivity contribution in [2.24, 2.45) is 7.05 Å². The molecule has 1 atom stereocenters. The van der Waals surface area contributed by atoms with Gasteiger partial charge in [-0.05, 0) is 34.0 Å². The summed E-state index contributed by atoms with van der Waals surface area (Å²) in [6, 6.07) is 0.283. The Morgan fingerprint density at radius 3 is 2.89 bits per heavy atom. The number of aryl methyl sites for hydroxylation is 1. The fourth-order valence-electron chi connectivity index (χ4n) is 2.54. The third kappa shape index (κ3) is 3.13. The van der Waals surface area contributed by atoms with E-state index in [0.717, 1.165) is 43.0 Å². The zero-order valence-electron chi connectivity index (χ0n) is 12.2. The zero-order valence-corrected chi connectivity index (χ0v) is 12.2. The molecule has 0 fully saturated rings. The Hall–Kier alpha value is -1.40. The molecule has 2 N–H and O–H groups in total. The summed E-state index contributed by atoms with van der Waals surface area (Å²) in [4.78, 5) is 14.2. The van der Waals surface area contributed by atoms with Gasteiger partial charge >= 0.3 is 0 Å². The van der Waals surface area contributed by atoms with E-state index in [-0.39, 0.29) is 11.6 Å². The van der Waals surface area contributed by atoms with Gasteiger partial charge in [-0.3, -0.25) is 4.79 Å². The van der Waals surface area contributed by atoms with E-state index in [0.29, 0.717) is 0 Å². The lowest BCUT2D eigenvalue weighted by Crippen LogP contribution is -2.37. The molecule has 1 aromatic heterocycles. The first-order valence-corrected chi connectivity index (χ1v) is 6.70. The second kappa shape index (κ2) is 5.71. The van der Waals surface area contributed by atoms with Gasteiger partial charge in [0.2, 0.25) is 0 Å². The van der Waals surface area contributed by atoms with Crippen molar-refractivity contribution >= 4 is 5.82 Å². The summed E-state index contributed by atoms with van der Waals surface area (Å²) in [7, 11) is 5.80. The molecule has 0 spiro atoms. The third-order valence-corrected chi connectivity index (χ3v) is 3.33. The molecular weight excluding hydrogens is 242 g/mol. The van der Waals surface area contributed by atoms with Gasteiger partial charge in [0.1, 0.15) is 0 Å². The summed E-state index contributed by atoms with van der Waals surface area (Å²) < 4.78 is 1.44. The normalized spacial score (nSPS) is 16.3. The summed E-state index contributed by atoms with van der Waals surface area (Å²) in [6.07, 6.45) is 0.779. The largest absolute Gasteiger partial charge is 0.365 e. The molecule has 0 saturated heterocycles. The van der Waals surface area contributed by atoms with Crippen molar-refractivity contribution in [3.8, 4) is 0 Å². The number of likely N-dealkylation sites (N-methyl/N-ethyl adjacent to an activating group) is 1. The van der Waals surface area contributed by atoms with Crippen molar-refractivity contribution in [3.05, 3.63) is 21.5 Å². The quantitative estimate of drug-likeness (QED) is 0.789. The number of nitrogens with zero attached hydrogens (tertiary/aromatic N) is 3. The molecule has 0 bridgehead atoms. The van der Waals surface area contributed by atoms with E-state index in [1.54, 1.807) is 7.05 Å². The average Bonchev–Trinajstić information content (AvgIpc) is 2.34. The van der Waals surface area contributed by atoms with Crippen LogP contribution in [0.1, 0.15) is 18.1 Å². The maximum absolute atomic E-state index is 12.1. The minimum atomic E-state index is 0.0299. The van der Waals surface area contributed by atoms with Gasteiger partial charge in [0.15, 0.2) is 5.82 Å². The molecule has 1 aliphatic rings. The van der Waals surface area contributed by atoms with Gasteiger partial charge in [-0.2, -0.15) is 5.10 Å². The van der Waals surface area contributed by atoms with Crippen LogP contribution in [0.15, 0.2) is 4.79 Å². The SMILES string of the molecule is CC(CN(C)C)Nc1nn(C)c(=O)c2c1CNCC2. The highest BCUT2D eigenvalue weighted by atomic mass is 16.1. The van der Waals surface area contributed by atoms with Crippen molar-refractivity contribution in [1.29, 1.82) is 0 Å². The number of hydrogen-bond donors (Lipinski definition) is 2. The predicted molar refractivity (Wildman–Crippen MR) is 76.5 cm³/mol. The van der Waals surface area contributed by atoms with Crippen LogP contribution in [-0.2, 0) is 20.0 Å². The molecule has 106 valence electrons. The zero-order chi connectivity index (χ0) is 14.0. The monoisotopic (exact) mass is 265 g/mol. The van der Waals surface area contributed by atoms with Crippen LogP contribution >= 0.6 is 0 Å². The number of rotatable bonds is 4. The lowest BCUT2D eigenvalue weighted by molar-refractivity contribution is 0.391. The number of fused-ring (bicyclic) bond motifs is 1. The van der Waals surface area contributed by atoms with Crippen molar-refractivity contribution in [3.63, 3.8) is 0 Å². The number of hydrogen-bond acceptors (Lipinski definition) is 5. The molecule has 0 radical (unpaired) electrons. The Morgan fingerprint density at radius 2 is 2.21 bits per heavy atom. The van der Waals surface area contributed by atoms with Crippen molar-refractivity contribution in [2.75, 3.05) is 32.5 Å². The molecule has 2 rings (SSSR count). The van der Waals surface area contributed by atoms with E-state index in [1.807, 2.05) is 14.1 Å². The van der Waals surface area contributed by atoms with Gasteiger partial charge in [-0.25, -0.2) is 4.68 Å². The Kier molecular flexibility index (Phi) is 4.21. The highest BCUT2D eigenvalue weighted by Crippen LogP contribution is 2.18. The van der Waals surface area contributed by atoms with E-state index < -0.39 is 0 Å². The summed E-state index contributed by atoms with van der Waals surface area (Å²) in [6.45, 7) is 4.62. The topological polar surface area (TPSA) is 62.2 Å². The smallest absolute Gasteiger partial charge is 0.270 e. The Balaban J connectivity index is 2.30. The molecule has 0 amide bonds. The van der Waals surface area contributed by atoms with Crippen LogP contribution in [0.3, 0.4) is 0 Å². The molecule has 0 saturated carbocycles.